The molecule has 3 rings (SSSR count). The van der Waals surface area contributed by atoms with Crippen molar-refractivity contribution in [3.8, 4) is 0 Å². The lowest BCUT2D eigenvalue weighted by Gasteiger charge is -2.33. The molecule has 1 N–H and O–H groups in total. The van der Waals surface area contributed by atoms with Gasteiger partial charge in [-0.25, -0.2) is 0 Å². The van der Waals surface area contributed by atoms with Crippen molar-refractivity contribution in [3.63, 3.8) is 0 Å². The molecule has 0 aromatic heterocycles. The molecule has 160 valence electrons. The maximum Gasteiger partial charge on any atom is 0.243 e. The first kappa shape index (κ1) is 22.5. The molecule has 30 heavy (non-hydrogen) atoms. The van der Waals surface area contributed by atoms with Crippen LogP contribution in [0, 0.1) is 0 Å². The summed E-state index contributed by atoms with van der Waals surface area (Å²) >= 11 is 3.51. The second-order valence-electron chi connectivity index (χ2n) is 8.05. The Morgan fingerprint density at radius 2 is 1.73 bits per heavy atom. The minimum Gasteiger partial charge on any atom is -0.352 e. The second-order valence-corrected chi connectivity index (χ2v) is 8.97. The summed E-state index contributed by atoms with van der Waals surface area (Å²) in [5.41, 5.74) is 2.07. The lowest BCUT2D eigenvalue weighted by atomic mass is 9.94. The molecule has 0 heterocycles. The monoisotopic (exact) mass is 470 g/mol. The fourth-order valence-corrected chi connectivity index (χ4v) is 4.58. The van der Waals surface area contributed by atoms with Crippen LogP contribution < -0.4 is 5.32 Å². The molecule has 0 aliphatic heterocycles. The van der Waals surface area contributed by atoms with Gasteiger partial charge in [-0.2, -0.15) is 0 Å². The number of amides is 2. The SMILES string of the molecule is CCC(=O)N(Cc1cccc(Br)c1)[C@@H](Cc1ccccc1)C(=O)NC1CCCCC1. The number of nitrogens with one attached hydrogen (secondary N) is 1. The van der Waals surface area contributed by atoms with E-state index in [4.69, 9.17) is 0 Å². The number of nitrogens with zero attached hydrogens (tertiary/aromatic N) is 1. The van der Waals surface area contributed by atoms with Crippen LogP contribution in [0.1, 0.15) is 56.6 Å². The van der Waals surface area contributed by atoms with Gasteiger partial charge in [0.15, 0.2) is 0 Å². The summed E-state index contributed by atoms with van der Waals surface area (Å²) in [7, 11) is 0. The summed E-state index contributed by atoms with van der Waals surface area (Å²) in [5, 5.41) is 3.25. The third kappa shape index (κ3) is 6.43. The molecular weight excluding hydrogens is 440 g/mol. The predicted octanol–water partition coefficient (Wildman–Crippen LogP) is 5.25. The predicted molar refractivity (Wildman–Crippen MR) is 124 cm³/mol. The molecule has 0 spiro atoms. The van der Waals surface area contributed by atoms with Crippen molar-refractivity contribution in [2.24, 2.45) is 0 Å². The molecular formula is C25H31BrN2O2. The van der Waals surface area contributed by atoms with Crippen molar-refractivity contribution in [3.05, 3.63) is 70.2 Å². The van der Waals surface area contributed by atoms with Crippen LogP contribution in [0.15, 0.2) is 59.1 Å². The maximum absolute atomic E-state index is 13.4. The Bertz CT molecular complexity index is 834. The van der Waals surface area contributed by atoms with Gasteiger partial charge in [-0.05, 0) is 36.1 Å². The first-order valence-corrected chi connectivity index (χ1v) is 11.7. The van der Waals surface area contributed by atoms with Gasteiger partial charge in [0, 0.05) is 29.9 Å². The van der Waals surface area contributed by atoms with Gasteiger partial charge in [0.1, 0.15) is 6.04 Å². The number of benzene rings is 2. The second kappa shape index (κ2) is 11.3. The number of rotatable bonds is 8. The zero-order chi connectivity index (χ0) is 21.3. The van der Waals surface area contributed by atoms with Crippen molar-refractivity contribution in [2.45, 2.75) is 70.5 Å². The molecule has 0 unspecified atom stereocenters. The molecule has 2 aromatic carbocycles. The zero-order valence-electron chi connectivity index (χ0n) is 17.6. The van der Waals surface area contributed by atoms with Crippen molar-refractivity contribution in [2.75, 3.05) is 0 Å². The van der Waals surface area contributed by atoms with E-state index >= 15 is 0 Å². The molecule has 2 amide bonds. The molecule has 1 aliphatic carbocycles. The first-order chi connectivity index (χ1) is 14.6. The maximum atomic E-state index is 13.4. The minimum absolute atomic E-state index is 0.00491. The van der Waals surface area contributed by atoms with E-state index in [0.29, 0.717) is 19.4 Å². The van der Waals surface area contributed by atoms with Crippen molar-refractivity contribution < 1.29 is 9.59 Å². The van der Waals surface area contributed by atoms with Crippen LogP contribution in [-0.4, -0.2) is 28.8 Å². The molecule has 1 atom stereocenters. The van der Waals surface area contributed by atoms with Crippen LogP contribution in [-0.2, 0) is 22.6 Å². The normalized spacial score (nSPS) is 15.4. The fraction of sp³-hybridized carbons (Fsp3) is 0.440. The van der Waals surface area contributed by atoms with Crippen molar-refractivity contribution in [1.82, 2.24) is 10.2 Å². The Kier molecular flexibility index (Phi) is 8.50. The summed E-state index contributed by atoms with van der Waals surface area (Å²) in [4.78, 5) is 28.1. The largest absolute Gasteiger partial charge is 0.352 e. The van der Waals surface area contributed by atoms with E-state index in [1.165, 1.54) is 6.42 Å². The first-order valence-electron chi connectivity index (χ1n) is 10.9. The highest BCUT2D eigenvalue weighted by Crippen LogP contribution is 2.21. The van der Waals surface area contributed by atoms with E-state index in [9.17, 15) is 9.59 Å². The summed E-state index contributed by atoms with van der Waals surface area (Å²) in [6.07, 6.45) is 6.49. The van der Waals surface area contributed by atoms with Gasteiger partial charge in [0.05, 0.1) is 0 Å². The van der Waals surface area contributed by atoms with Crippen LogP contribution in [0.2, 0.25) is 0 Å². The summed E-state index contributed by atoms with van der Waals surface area (Å²) in [6.45, 7) is 2.27. The zero-order valence-corrected chi connectivity index (χ0v) is 19.2. The lowest BCUT2D eigenvalue weighted by molar-refractivity contribution is -0.141. The van der Waals surface area contributed by atoms with E-state index in [-0.39, 0.29) is 17.9 Å². The topological polar surface area (TPSA) is 49.4 Å². The Hall–Kier alpha value is -2.14. The molecule has 0 saturated heterocycles. The van der Waals surface area contributed by atoms with E-state index < -0.39 is 6.04 Å². The van der Waals surface area contributed by atoms with Crippen LogP contribution >= 0.6 is 15.9 Å². The lowest BCUT2D eigenvalue weighted by Crippen LogP contribution is -2.52. The highest BCUT2D eigenvalue weighted by Gasteiger charge is 2.31. The smallest absolute Gasteiger partial charge is 0.243 e. The van der Waals surface area contributed by atoms with Gasteiger partial charge in [-0.3, -0.25) is 9.59 Å². The molecule has 1 fully saturated rings. The average Bonchev–Trinajstić information content (AvgIpc) is 2.77. The van der Waals surface area contributed by atoms with Crippen molar-refractivity contribution >= 4 is 27.7 Å². The molecule has 4 nitrogen and oxygen atoms in total. The van der Waals surface area contributed by atoms with Crippen LogP contribution in [0.5, 0.6) is 0 Å². The summed E-state index contributed by atoms with van der Waals surface area (Å²) in [5.74, 6) is -0.0442. The number of carbonyl (C=O) groups is 2. The quantitative estimate of drug-likeness (QED) is 0.572. The standard InChI is InChI=1S/C25H31BrN2O2/c1-2-24(29)28(18-20-12-9-13-21(26)16-20)23(17-19-10-5-3-6-11-19)25(30)27-22-14-7-4-8-15-22/h3,5-6,9-13,16,22-23H,2,4,7-8,14-15,17-18H2,1H3,(H,27,30)/t23-/m0/s1. The van der Waals surface area contributed by atoms with Gasteiger partial charge in [0.25, 0.3) is 0 Å². The van der Waals surface area contributed by atoms with Gasteiger partial charge in [-0.1, -0.05) is 84.6 Å². The number of carbonyl (C=O) groups excluding carboxylic acids is 2. The van der Waals surface area contributed by atoms with Crippen LogP contribution in [0.25, 0.3) is 0 Å². The molecule has 0 bridgehead atoms. The number of hydrogen-bond donors (Lipinski definition) is 1. The van der Waals surface area contributed by atoms with Crippen molar-refractivity contribution in [1.29, 1.82) is 0 Å². The molecule has 5 heteroatoms. The molecule has 2 aromatic rings. The minimum atomic E-state index is -0.527. The van der Waals surface area contributed by atoms with Gasteiger partial charge >= 0.3 is 0 Å². The van der Waals surface area contributed by atoms with E-state index in [1.54, 1.807) is 4.90 Å². The Morgan fingerprint density at radius 1 is 1.03 bits per heavy atom. The van der Waals surface area contributed by atoms with Crippen LogP contribution in [0.4, 0.5) is 0 Å². The van der Waals surface area contributed by atoms with Gasteiger partial charge in [-0.15, -0.1) is 0 Å². The van der Waals surface area contributed by atoms with E-state index in [1.807, 2.05) is 61.5 Å². The Balaban J connectivity index is 1.86. The van der Waals surface area contributed by atoms with Gasteiger partial charge < -0.3 is 10.2 Å². The molecule has 1 saturated carbocycles. The fourth-order valence-electron chi connectivity index (χ4n) is 4.13. The third-order valence-corrected chi connectivity index (χ3v) is 6.26. The summed E-state index contributed by atoms with van der Waals surface area (Å²) in [6, 6.07) is 17.6. The highest BCUT2D eigenvalue weighted by molar-refractivity contribution is 9.10. The van der Waals surface area contributed by atoms with E-state index in [2.05, 4.69) is 21.2 Å². The van der Waals surface area contributed by atoms with E-state index in [0.717, 1.165) is 41.3 Å². The third-order valence-electron chi connectivity index (χ3n) is 5.77. The molecule has 0 radical (unpaired) electrons. The molecule has 1 aliphatic rings. The summed E-state index contributed by atoms with van der Waals surface area (Å²) < 4.78 is 0.968. The Labute approximate surface area is 188 Å². The van der Waals surface area contributed by atoms with Crippen LogP contribution in [0.3, 0.4) is 0 Å². The number of halogens is 1. The highest BCUT2D eigenvalue weighted by atomic mass is 79.9. The van der Waals surface area contributed by atoms with Gasteiger partial charge in [0.2, 0.25) is 11.8 Å². The number of hydrogen-bond acceptors (Lipinski definition) is 2. The Morgan fingerprint density at radius 3 is 2.40 bits per heavy atom. The average molecular weight is 471 g/mol.